The van der Waals surface area contributed by atoms with Crippen molar-refractivity contribution >= 4 is 11.4 Å². The van der Waals surface area contributed by atoms with Gasteiger partial charge >= 0.3 is 0 Å². The van der Waals surface area contributed by atoms with E-state index in [9.17, 15) is 0 Å². The van der Waals surface area contributed by atoms with E-state index in [0.29, 0.717) is 0 Å². The summed E-state index contributed by atoms with van der Waals surface area (Å²) in [7, 11) is 0. The smallest absolute Gasteiger partial charge is 0.0366 e. The second kappa shape index (κ2) is 10.0. The van der Waals surface area contributed by atoms with Crippen molar-refractivity contribution < 1.29 is 0 Å². The highest BCUT2D eigenvalue weighted by Gasteiger charge is 2.07. The van der Waals surface area contributed by atoms with E-state index >= 15 is 0 Å². The van der Waals surface area contributed by atoms with Crippen molar-refractivity contribution in [3.8, 4) is 11.1 Å². The molecule has 0 saturated heterocycles. The van der Waals surface area contributed by atoms with Crippen molar-refractivity contribution in [3.63, 3.8) is 0 Å². The molecule has 0 aromatic heterocycles. The molecule has 130 valence electrons. The number of nitrogens with two attached hydrogens (primary N) is 1. The normalized spacial score (nSPS) is 10.8. The lowest BCUT2D eigenvalue weighted by atomic mass is 10.0. The van der Waals surface area contributed by atoms with Gasteiger partial charge in [-0.05, 0) is 48.2 Å². The van der Waals surface area contributed by atoms with Gasteiger partial charge in [0, 0.05) is 24.5 Å². The van der Waals surface area contributed by atoms with Crippen LogP contribution in [0, 0.1) is 0 Å². The lowest BCUT2D eigenvalue weighted by molar-refractivity contribution is 0.636. The van der Waals surface area contributed by atoms with Crippen LogP contribution in [0.15, 0.2) is 48.5 Å². The van der Waals surface area contributed by atoms with Crippen molar-refractivity contribution in [1.82, 2.24) is 0 Å². The van der Waals surface area contributed by atoms with Gasteiger partial charge in [0.25, 0.3) is 0 Å². The molecule has 0 saturated carbocycles. The summed E-state index contributed by atoms with van der Waals surface area (Å²) in [5.74, 6) is 0. The second-order valence-electron chi connectivity index (χ2n) is 6.57. The molecule has 0 spiro atoms. The number of benzene rings is 2. The first kappa shape index (κ1) is 18.4. The number of hydrogen-bond donors (Lipinski definition) is 1. The molecule has 2 N–H and O–H groups in total. The van der Waals surface area contributed by atoms with E-state index in [-0.39, 0.29) is 0 Å². The summed E-state index contributed by atoms with van der Waals surface area (Å²) in [6.45, 7) is 6.86. The number of unbranched alkanes of at least 4 members (excludes halogenated alkanes) is 4. The molecule has 24 heavy (non-hydrogen) atoms. The first-order chi connectivity index (χ1) is 11.7. The van der Waals surface area contributed by atoms with Crippen LogP contribution in [0.3, 0.4) is 0 Å². The minimum Gasteiger partial charge on any atom is -0.399 e. The van der Waals surface area contributed by atoms with Gasteiger partial charge in [0.2, 0.25) is 0 Å². The van der Waals surface area contributed by atoms with Crippen molar-refractivity contribution in [2.45, 2.75) is 52.4 Å². The topological polar surface area (TPSA) is 29.3 Å². The zero-order chi connectivity index (χ0) is 17.2. The summed E-state index contributed by atoms with van der Waals surface area (Å²) in [6, 6.07) is 17.1. The van der Waals surface area contributed by atoms with Crippen LogP contribution in [0.4, 0.5) is 11.4 Å². The van der Waals surface area contributed by atoms with Gasteiger partial charge in [-0.1, -0.05) is 63.8 Å². The first-order valence-corrected chi connectivity index (χ1v) is 9.45. The Balaban J connectivity index is 2.06. The lowest BCUT2D eigenvalue weighted by Gasteiger charge is -2.25. The molecule has 0 radical (unpaired) electrons. The number of hydrogen-bond acceptors (Lipinski definition) is 2. The van der Waals surface area contributed by atoms with Gasteiger partial charge in [0.1, 0.15) is 0 Å². The van der Waals surface area contributed by atoms with Gasteiger partial charge in [-0.15, -0.1) is 0 Å². The van der Waals surface area contributed by atoms with Gasteiger partial charge in [-0.25, -0.2) is 0 Å². The highest BCUT2D eigenvalue weighted by atomic mass is 15.1. The second-order valence-corrected chi connectivity index (χ2v) is 6.57. The maximum absolute atomic E-state index is 5.78. The quantitative estimate of drug-likeness (QED) is 0.421. The molecular weight excluding hydrogens is 292 g/mol. The molecule has 0 fully saturated rings. The fourth-order valence-electron chi connectivity index (χ4n) is 3.02. The standard InChI is InChI=1S/C22H32N2/c1-3-5-7-17-24(18-8-6-4-2)22-15-11-20(12-16-22)19-9-13-21(23)14-10-19/h9-16H,3-8,17-18,23H2,1-2H3. The zero-order valence-electron chi connectivity index (χ0n) is 15.3. The van der Waals surface area contributed by atoms with Crippen LogP contribution < -0.4 is 10.6 Å². The summed E-state index contributed by atoms with van der Waals surface area (Å²) in [6.07, 6.45) is 7.74. The van der Waals surface area contributed by atoms with Gasteiger partial charge in [0.15, 0.2) is 0 Å². The van der Waals surface area contributed by atoms with E-state index in [0.717, 1.165) is 5.69 Å². The molecule has 0 bridgehead atoms. The Morgan fingerprint density at radius 1 is 0.667 bits per heavy atom. The minimum atomic E-state index is 0.813. The van der Waals surface area contributed by atoms with Crippen LogP contribution >= 0.6 is 0 Å². The zero-order valence-corrected chi connectivity index (χ0v) is 15.3. The summed E-state index contributed by atoms with van der Waals surface area (Å²) >= 11 is 0. The molecule has 0 atom stereocenters. The molecule has 0 amide bonds. The van der Waals surface area contributed by atoms with Gasteiger partial charge in [-0.3, -0.25) is 0 Å². The van der Waals surface area contributed by atoms with Crippen LogP contribution in [0.5, 0.6) is 0 Å². The van der Waals surface area contributed by atoms with Crippen LogP contribution in [-0.2, 0) is 0 Å². The van der Waals surface area contributed by atoms with Crippen molar-refractivity contribution in [2.24, 2.45) is 0 Å². The molecule has 2 rings (SSSR count). The molecule has 2 nitrogen and oxygen atoms in total. The SMILES string of the molecule is CCCCCN(CCCCC)c1ccc(-c2ccc(N)cc2)cc1. The van der Waals surface area contributed by atoms with Crippen molar-refractivity contribution in [2.75, 3.05) is 23.7 Å². The molecule has 0 aliphatic rings. The molecule has 2 aromatic rings. The Hall–Kier alpha value is -1.96. The van der Waals surface area contributed by atoms with E-state index in [4.69, 9.17) is 5.73 Å². The summed E-state index contributed by atoms with van der Waals surface area (Å²) < 4.78 is 0. The fourth-order valence-corrected chi connectivity index (χ4v) is 3.02. The maximum atomic E-state index is 5.78. The summed E-state index contributed by atoms with van der Waals surface area (Å²) in [5, 5.41) is 0. The van der Waals surface area contributed by atoms with Crippen LogP contribution in [0.1, 0.15) is 52.4 Å². The van der Waals surface area contributed by atoms with Crippen LogP contribution in [-0.4, -0.2) is 13.1 Å². The largest absolute Gasteiger partial charge is 0.399 e. The first-order valence-electron chi connectivity index (χ1n) is 9.45. The van der Waals surface area contributed by atoms with E-state index in [1.807, 2.05) is 12.1 Å². The Kier molecular flexibility index (Phi) is 7.67. The number of anilines is 2. The lowest BCUT2D eigenvalue weighted by Crippen LogP contribution is -2.25. The maximum Gasteiger partial charge on any atom is 0.0366 e. The predicted octanol–water partition coefficient (Wildman–Crippen LogP) is 6.12. The van der Waals surface area contributed by atoms with Gasteiger partial charge in [0.05, 0.1) is 0 Å². The van der Waals surface area contributed by atoms with Crippen molar-refractivity contribution in [1.29, 1.82) is 0 Å². The van der Waals surface area contributed by atoms with Crippen LogP contribution in [0.25, 0.3) is 11.1 Å². The van der Waals surface area contributed by atoms with Gasteiger partial charge in [-0.2, -0.15) is 0 Å². The molecule has 0 aliphatic heterocycles. The molecule has 2 aromatic carbocycles. The fraction of sp³-hybridized carbons (Fsp3) is 0.455. The molecule has 2 heteroatoms. The van der Waals surface area contributed by atoms with E-state index < -0.39 is 0 Å². The molecule has 0 aliphatic carbocycles. The average Bonchev–Trinajstić information content (AvgIpc) is 2.62. The highest BCUT2D eigenvalue weighted by Crippen LogP contribution is 2.24. The Labute approximate surface area is 147 Å². The molecular formula is C22H32N2. The van der Waals surface area contributed by atoms with Crippen molar-refractivity contribution in [3.05, 3.63) is 48.5 Å². The third kappa shape index (κ3) is 5.59. The number of rotatable bonds is 10. The molecule has 0 heterocycles. The van der Waals surface area contributed by atoms with Crippen LogP contribution in [0.2, 0.25) is 0 Å². The Morgan fingerprint density at radius 3 is 1.58 bits per heavy atom. The Morgan fingerprint density at radius 2 is 1.12 bits per heavy atom. The minimum absolute atomic E-state index is 0.813. The van der Waals surface area contributed by atoms with E-state index in [2.05, 4.69) is 55.1 Å². The number of nitrogens with zero attached hydrogens (tertiary/aromatic N) is 1. The third-order valence-electron chi connectivity index (χ3n) is 4.54. The molecule has 0 unspecified atom stereocenters. The van der Waals surface area contributed by atoms with E-state index in [1.54, 1.807) is 0 Å². The Bertz CT molecular complexity index is 562. The monoisotopic (exact) mass is 324 g/mol. The summed E-state index contributed by atoms with van der Waals surface area (Å²) in [5.41, 5.74) is 10.4. The average molecular weight is 325 g/mol. The number of nitrogen functional groups attached to an aromatic ring is 1. The van der Waals surface area contributed by atoms with E-state index in [1.165, 1.54) is 68.4 Å². The highest BCUT2D eigenvalue weighted by molar-refractivity contribution is 5.67. The predicted molar refractivity (Wildman–Crippen MR) is 108 cm³/mol. The summed E-state index contributed by atoms with van der Waals surface area (Å²) in [4.78, 5) is 2.55. The third-order valence-corrected chi connectivity index (χ3v) is 4.54. The van der Waals surface area contributed by atoms with Gasteiger partial charge < -0.3 is 10.6 Å².